The van der Waals surface area contributed by atoms with Crippen LogP contribution >= 0.6 is 7.92 Å². The normalized spacial score (nSPS) is 10.4. The van der Waals surface area contributed by atoms with E-state index in [0.29, 0.717) is 6.42 Å². The van der Waals surface area contributed by atoms with Crippen molar-refractivity contribution in [2.75, 3.05) is 6.16 Å². The van der Waals surface area contributed by atoms with Gasteiger partial charge in [-0.25, -0.2) is 0 Å². The molecule has 2 aromatic rings. The van der Waals surface area contributed by atoms with E-state index >= 15 is 0 Å². The quantitative estimate of drug-likeness (QED) is 0.580. The van der Waals surface area contributed by atoms with Gasteiger partial charge in [-0.15, -0.1) is 0 Å². The molecular formula is C17H17OP. The Morgan fingerprint density at radius 3 is 1.84 bits per heavy atom. The summed E-state index contributed by atoms with van der Waals surface area (Å²) < 4.78 is 0. The third-order valence-corrected chi connectivity index (χ3v) is 5.46. The van der Waals surface area contributed by atoms with Gasteiger partial charge in [0.05, 0.1) is 0 Å². The van der Waals surface area contributed by atoms with Gasteiger partial charge >= 0.3 is 0 Å². The maximum absolute atomic E-state index is 11.5. The number of carbonyl (C=O) groups is 1. The predicted molar refractivity (Wildman–Crippen MR) is 83.8 cm³/mol. The van der Waals surface area contributed by atoms with E-state index in [1.807, 2.05) is 12.1 Å². The fraction of sp³-hybridized carbons (Fsp3) is 0.118. The van der Waals surface area contributed by atoms with Crippen LogP contribution in [-0.2, 0) is 4.79 Å². The van der Waals surface area contributed by atoms with E-state index in [1.54, 1.807) is 0 Å². The SMILES string of the molecule is C=CC(=O)CCP(c1ccccc1)c1ccccc1. The summed E-state index contributed by atoms with van der Waals surface area (Å²) in [5.74, 6) is 0.124. The van der Waals surface area contributed by atoms with Crippen molar-refractivity contribution >= 4 is 24.3 Å². The van der Waals surface area contributed by atoms with Crippen LogP contribution in [0.3, 0.4) is 0 Å². The van der Waals surface area contributed by atoms with Crippen molar-refractivity contribution in [1.82, 2.24) is 0 Å². The summed E-state index contributed by atoms with van der Waals surface area (Å²) in [6.45, 7) is 3.54. The molecule has 0 aliphatic heterocycles. The van der Waals surface area contributed by atoms with E-state index in [2.05, 4.69) is 55.1 Å². The Bertz CT molecular complexity index is 494. The molecule has 0 spiro atoms. The van der Waals surface area contributed by atoms with Crippen LogP contribution < -0.4 is 10.6 Å². The third-order valence-electron chi connectivity index (χ3n) is 2.95. The van der Waals surface area contributed by atoms with Crippen LogP contribution in [0.1, 0.15) is 6.42 Å². The number of hydrogen-bond acceptors (Lipinski definition) is 1. The van der Waals surface area contributed by atoms with Gasteiger partial charge in [0.15, 0.2) is 5.78 Å². The minimum atomic E-state index is -0.458. The molecule has 2 rings (SSSR count). The topological polar surface area (TPSA) is 17.1 Å². The van der Waals surface area contributed by atoms with Crippen LogP contribution in [-0.4, -0.2) is 11.9 Å². The molecule has 19 heavy (non-hydrogen) atoms. The molecule has 0 heterocycles. The second-order valence-electron chi connectivity index (χ2n) is 4.24. The molecule has 0 aliphatic carbocycles. The van der Waals surface area contributed by atoms with Gasteiger partial charge in [0.1, 0.15) is 0 Å². The fourth-order valence-electron chi connectivity index (χ4n) is 1.95. The lowest BCUT2D eigenvalue weighted by atomic mass is 10.3. The lowest BCUT2D eigenvalue weighted by Gasteiger charge is -2.18. The first-order valence-electron chi connectivity index (χ1n) is 6.34. The molecule has 0 bridgehead atoms. The van der Waals surface area contributed by atoms with Gasteiger partial charge in [-0.3, -0.25) is 4.79 Å². The maximum atomic E-state index is 11.5. The zero-order chi connectivity index (χ0) is 13.5. The highest BCUT2D eigenvalue weighted by molar-refractivity contribution is 7.73. The summed E-state index contributed by atoms with van der Waals surface area (Å²) >= 11 is 0. The van der Waals surface area contributed by atoms with Crippen LogP contribution in [0.2, 0.25) is 0 Å². The Morgan fingerprint density at radius 2 is 1.42 bits per heavy atom. The number of carbonyl (C=O) groups excluding carboxylic acids is 1. The third kappa shape index (κ3) is 3.87. The number of allylic oxidation sites excluding steroid dienone is 1. The molecule has 1 nitrogen and oxygen atoms in total. The van der Waals surface area contributed by atoms with Crippen molar-refractivity contribution in [3.63, 3.8) is 0 Å². The molecule has 0 aromatic heterocycles. The Hall–Kier alpha value is -1.72. The van der Waals surface area contributed by atoms with E-state index in [9.17, 15) is 4.79 Å². The Morgan fingerprint density at radius 1 is 0.947 bits per heavy atom. The van der Waals surface area contributed by atoms with Crippen molar-refractivity contribution in [3.8, 4) is 0 Å². The van der Waals surface area contributed by atoms with E-state index < -0.39 is 7.92 Å². The fourth-order valence-corrected chi connectivity index (χ4v) is 4.27. The molecule has 2 heteroatoms. The van der Waals surface area contributed by atoms with Gasteiger partial charge in [0.25, 0.3) is 0 Å². The average molecular weight is 268 g/mol. The van der Waals surface area contributed by atoms with Crippen molar-refractivity contribution < 1.29 is 4.79 Å². The molecule has 0 saturated heterocycles. The van der Waals surface area contributed by atoms with Crippen molar-refractivity contribution in [2.45, 2.75) is 6.42 Å². The molecule has 0 unspecified atom stereocenters. The molecule has 0 amide bonds. The van der Waals surface area contributed by atoms with Gasteiger partial charge in [-0.1, -0.05) is 67.2 Å². The standard InChI is InChI=1S/C17H17OP/c1-2-15(18)13-14-19(16-9-5-3-6-10-16)17-11-7-4-8-12-17/h2-12H,1,13-14H2. The Labute approximate surface area is 115 Å². The zero-order valence-corrected chi connectivity index (χ0v) is 11.7. The largest absolute Gasteiger partial charge is 0.295 e. The van der Waals surface area contributed by atoms with Gasteiger partial charge in [0.2, 0.25) is 0 Å². The monoisotopic (exact) mass is 268 g/mol. The lowest BCUT2D eigenvalue weighted by Crippen LogP contribution is -2.15. The van der Waals surface area contributed by atoms with Crippen molar-refractivity contribution in [1.29, 1.82) is 0 Å². The number of benzene rings is 2. The van der Waals surface area contributed by atoms with E-state index in [4.69, 9.17) is 0 Å². The Balaban J connectivity index is 2.24. The molecule has 0 saturated carbocycles. The van der Waals surface area contributed by atoms with Gasteiger partial charge in [-0.2, -0.15) is 0 Å². The van der Waals surface area contributed by atoms with Gasteiger partial charge < -0.3 is 0 Å². The summed E-state index contributed by atoms with van der Waals surface area (Å²) in [6.07, 6.45) is 2.87. The van der Waals surface area contributed by atoms with Crippen LogP contribution in [0.15, 0.2) is 73.3 Å². The van der Waals surface area contributed by atoms with E-state index in [-0.39, 0.29) is 5.78 Å². The highest BCUT2D eigenvalue weighted by Gasteiger charge is 2.13. The summed E-state index contributed by atoms with van der Waals surface area (Å²) in [5.41, 5.74) is 0. The molecule has 0 aliphatic rings. The summed E-state index contributed by atoms with van der Waals surface area (Å²) in [4.78, 5) is 11.5. The highest BCUT2D eigenvalue weighted by atomic mass is 31.1. The molecule has 0 atom stereocenters. The van der Waals surface area contributed by atoms with E-state index in [0.717, 1.165) is 6.16 Å². The van der Waals surface area contributed by atoms with Crippen LogP contribution in [0, 0.1) is 0 Å². The molecule has 2 aromatic carbocycles. The van der Waals surface area contributed by atoms with Crippen LogP contribution in [0.5, 0.6) is 0 Å². The molecule has 0 fully saturated rings. The second-order valence-corrected chi connectivity index (χ2v) is 6.58. The van der Waals surface area contributed by atoms with Crippen molar-refractivity contribution in [2.24, 2.45) is 0 Å². The smallest absolute Gasteiger partial charge is 0.155 e. The highest BCUT2D eigenvalue weighted by Crippen LogP contribution is 2.34. The summed E-state index contributed by atoms with van der Waals surface area (Å²) in [6, 6.07) is 20.9. The average Bonchev–Trinajstić information content (AvgIpc) is 2.49. The number of ketones is 1. The first kappa shape index (κ1) is 13.7. The summed E-state index contributed by atoms with van der Waals surface area (Å²) in [5, 5.41) is 2.64. The second kappa shape index (κ2) is 7.01. The number of rotatable bonds is 6. The van der Waals surface area contributed by atoms with Crippen LogP contribution in [0.25, 0.3) is 0 Å². The van der Waals surface area contributed by atoms with Crippen LogP contribution in [0.4, 0.5) is 0 Å². The van der Waals surface area contributed by atoms with E-state index in [1.165, 1.54) is 16.7 Å². The predicted octanol–water partition coefficient (Wildman–Crippen LogP) is 3.26. The van der Waals surface area contributed by atoms with Gasteiger partial charge in [0, 0.05) is 6.42 Å². The zero-order valence-electron chi connectivity index (χ0n) is 10.8. The minimum Gasteiger partial charge on any atom is -0.295 e. The molecule has 96 valence electrons. The lowest BCUT2D eigenvalue weighted by molar-refractivity contribution is -0.114. The van der Waals surface area contributed by atoms with Crippen molar-refractivity contribution in [3.05, 3.63) is 73.3 Å². The maximum Gasteiger partial charge on any atom is 0.155 e. The minimum absolute atomic E-state index is 0.124. The first-order chi connectivity index (χ1) is 9.31. The number of hydrogen-bond donors (Lipinski definition) is 0. The Kier molecular flexibility index (Phi) is 5.06. The van der Waals surface area contributed by atoms with Gasteiger partial charge in [-0.05, 0) is 30.8 Å². The molecule has 0 radical (unpaired) electrons. The summed E-state index contributed by atoms with van der Waals surface area (Å²) in [7, 11) is -0.458. The molecule has 0 N–H and O–H groups in total. The molecular weight excluding hydrogens is 251 g/mol. The first-order valence-corrected chi connectivity index (χ1v) is 7.87.